The molecule has 79 heavy (non-hydrogen) atoms. The number of rotatable bonds is 17. The first-order valence-corrected chi connectivity index (χ1v) is 27.5. The zero-order chi connectivity index (χ0) is 55.0. The van der Waals surface area contributed by atoms with E-state index < -0.39 is 17.8 Å². The molecule has 6 aromatic heterocycles. The molecule has 5 unspecified atom stereocenters. The summed E-state index contributed by atoms with van der Waals surface area (Å²) in [6.45, 7) is 13.3. The second kappa shape index (κ2) is 24.6. The fraction of sp³-hybridized carbons (Fsp3) is 0.474. The minimum atomic E-state index is -4.58. The van der Waals surface area contributed by atoms with E-state index in [9.17, 15) is 18.0 Å². The van der Waals surface area contributed by atoms with Gasteiger partial charge in [0.15, 0.2) is 5.82 Å². The van der Waals surface area contributed by atoms with Gasteiger partial charge in [0.05, 0.1) is 29.3 Å². The highest BCUT2D eigenvalue weighted by Crippen LogP contribution is 2.43. The Kier molecular flexibility index (Phi) is 17.1. The summed E-state index contributed by atoms with van der Waals surface area (Å²) in [5, 5.41) is 16.9. The topological polar surface area (TPSA) is 212 Å². The Balaban J connectivity index is 0.927. The molecule has 22 heteroatoms. The summed E-state index contributed by atoms with van der Waals surface area (Å²) >= 11 is 0. The molecule has 0 bridgehead atoms. The number of nitrogens with zero attached hydrogens (tertiary/aromatic N) is 12. The van der Waals surface area contributed by atoms with Crippen LogP contribution in [-0.2, 0) is 15.7 Å². The van der Waals surface area contributed by atoms with Gasteiger partial charge in [-0.15, -0.1) is 0 Å². The lowest BCUT2D eigenvalue weighted by molar-refractivity contribution is -0.137. The predicted octanol–water partition coefficient (Wildman–Crippen LogP) is 9.39. The molecule has 1 amide bonds. The van der Waals surface area contributed by atoms with Crippen molar-refractivity contribution in [2.45, 2.75) is 103 Å². The SMILES string of the molecule is CC(=O)N1CC(C2=CNCCC2c2cc(Nc3cc(C(F)(F)F)ccn3)nc(N(C)CCOC(C)c3nc(Nc4cc(C)ccn4)cc(C4CCCNC4)n3)n2)CC(c2cc(Nc3cc(C)ccn3)nc(N3CCCCC3)n2)C1. The van der Waals surface area contributed by atoms with E-state index in [0.29, 0.717) is 85.7 Å². The average Bonchev–Trinajstić information content (AvgIpc) is 3.53. The second-order valence-electron chi connectivity index (χ2n) is 21.3. The summed E-state index contributed by atoms with van der Waals surface area (Å²) in [4.78, 5) is 63.1. The van der Waals surface area contributed by atoms with Crippen molar-refractivity contribution in [3.8, 4) is 0 Å². The highest BCUT2D eigenvalue weighted by Gasteiger charge is 2.38. The maximum Gasteiger partial charge on any atom is 0.416 e. The van der Waals surface area contributed by atoms with Gasteiger partial charge in [0.1, 0.15) is 41.0 Å². The number of aromatic nitrogens is 9. The Morgan fingerprint density at radius 2 is 1.38 bits per heavy atom. The smallest absolute Gasteiger partial charge is 0.391 e. The van der Waals surface area contributed by atoms with Crippen molar-refractivity contribution in [1.29, 1.82) is 0 Å². The lowest BCUT2D eigenvalue weighted by atomic mass is 9.75. The molecule has 0 aliphatic carbocycles. The Morgan fingerprint density at radius 1 is 0.734 bits per heavy atom. The minimum Gasteiger partial charge on any atom is -0.391 e. The molecule has 4 aliphatic heterocycles. The van der Waals surface area contributed by atoms with E-state index in [2.05, 4.69) is 52.6 Å². The number of carbonyl (C=O) groups excluding carboxylic acids is 1. The number of pyridine rings is 3. The number of hydrogen-bond acceptors (Lipinski definition) is 18. The molecule has 5 atom stereocenters. The van der Waals surface area contributed by atoms with E-state index in [4.69, 9.17) is 34.6 Å². The van der Waals surface area contributed by atoms with Crippen LogP contribution in [0.5, 0.6) is 0 Å². The van der Waals surface area contributed by atoms with E-state index in [1.165, 1.54) is 0 Å². The number of ether oxygens (including phenoxy) is 1. The van der Waals surface area contributed by atoms with Crippen LogP contribution in [-0.4, -0.2) is 122 Å². The lowest BCUT2D eigenvalue weighted by Gasteiger charge is -2.41. The molecule has 5 N–H and O–H groups in total. The minimum absolute atomic E-state index is 0.0161. The number of hydrogen-bond donors (Lipinski definition) is 5. The Hall–Kier alpha value is -7.59. The van der Waals surface area contributed by atoms with Crippen molar-refractivity contribution >= 4 is 52.7 Å². The number of anilines is 8. The zero-order valence-corrected chi connectivity index (χ0v) is 45.5. The van der Waals surface area contributed by atoms with Crippen LogP contribution in [0.15, 0.2) is 85.0 Å². The van der Waals surface area contributed by atoms with Crippen LogP contribution in [0.4, 0.5) is 60.0 Å². The molecule has 0 radical (unpaired) electrons. The van der Waals surface area contributed by atoms with Gasteiger partial charge >= 0.3 is 6.18 Å². The van der Waals surface area contributed by atoms with Crippen LogP contribution in [0, 0.1) is 19.8 Å². The first-order chi connectivity index (χ1) is 38.2. The third kappa shape index (κ3) is 14.0. The predicted molar refractivity (Wildman–Crippen MR) is 298 cm³/mol. The maximum absolute atomic E-state index is 14.0. The van der Waals surface area contributed by atoms with Gasteiger partial charge in [-0.25, -0.2) is 34.9 Å². The number of nitrogens with one attached hydrogen (secondary N) is 5. The largest absolute Gasteiger partial charge is 0.416 e. The van der Waals surface area contributed by atoms with E-state index in [-0.39, 0.29) is 47.8 Å². The van der Waals surface area contributed by atoms with Crippen molar-refractivity contribution in [3.05, 3.63) is 125 Å². The van der Waals surface area contributed by atoms with Crippen LogP contribution in [0.3, 0.4) is 0 Å². The van der Waals surface area contributed by atoms with Gasteiger partial charge in [-0.1, -0.05) is 0 Å². The second-order valence-corrected chi connectivity index (χ2v) is 21.3. The zero-order valence-electron chi connectivity index (χ0n) is 45.5. The number of likely N-dealkylation sites (tertiary alicyclic amines) is 1. The normalized spacial score (nSPS) is 20.2. The van der Waals surface area contributed by atoms with Crippen molar-refractivity contribution < 1.29 is 22.7 Å². The third-order valence-corrected chi connectivity index (χ3v) is 15.2. The molecule has 0 spiro atoms. The Morgan fingerprint density at radius 3 is 2.05 bits per heavy atom. The fourth-order valence-corrected chi connectivity index (χ4v) is 10.9. The van der Waals surface area contributed by atoms with E-state index >= 15 is 0 Å². The summed E-state index contributed by atoms with van der Waals surface area (Å²) in [7, 11) is 1.86. The van der Waals surface area contributed by atoms with Crippen LogP contribution in [0.25, 0.3) is 0 Å². The summed E-state index contributed by atoms with van der Waals surface area (Å²) in [5.41, 5.74) is 4.79. The summed E-state index contributed by atoms with van der Waals surface area (Å²) < 4.78 is 48.4. The number of carbonyl (C=O) groups is 1. The molecular formula is C57H70F3N17O2. The highest BCUT2D eigenvalue weighted by molar-refractivity contribution is 5.73. The van der Waals surface area contributed by atoms with Gasteiger partial charge in [-0.3, -0.25) is 4.79 Å². The molecule has 6 aromatic rings. The number of amides is 1. The third-order valence-electron chi connectivity index (χ3n) is 15.2. The molecule has 10 rings (SSSR count). The van der Waals surface area contributed by atoms with Crippen molar-refractivity contribution in [2.24, 2.45) is 5.92 Å². The van der Waals surface area contributed by atoms with E-state index in [1.54, 1.807) is 25.4 Å². The summed E-state index contributed by atoms with van der Waals surface area (Å²) in [6.07, 6.45) is 8.31. The fourth-order valence-electron chi connectivity index (χ4n) is 10.9. The molecular weight excluding hydrogens is 1010 g/mol. The first kappa shape index (κ1) is 54.8. The number of alkyl halides is 3. The summed E-state index contributed by atoms with van der Waals surface area (Å²) in [5.74, 6) is 4.09. The molecule has 4 aliphatic rings. The molecule has 3 fully saturated rings. The molecule has 0 saturated carbocycles. The van der Waals surface area contributed by atoms with E-state index in [1.807, 2.05) is 74.0 Å². The summed E-state index contributed by atoms with van der Waals surface area (Å²) in [6, 6.07) is 15.5. The molecule has 3 saturated heterocycles. The van der Waals surface area contributed by atoms with Gasteiger partial charge in [-0.05, 0) is 132 Å². The highest BCUT2D eigenvalue weighted by atomic mass is 19.4. The molecule has 416 valence electrons. The van der Waals surface area contributed by atoms with Crippen LogP contribution < -0.4 is 36.4 Å². The number of halogens is 3. The van der Waals surface area contributed by atoms with Crippen LogP contribution in [0.2, 0.25) is 0 Å². The lowest BCUT2D eigenvalue weighted by Crippen LogP contribution is -2.44. The Labute approximate surface area is 459 Å². The average molecular weight is 1080 g/mol. The van der Waals surface area contributed by atoms with Gasteiger partial charge in [-0.2, -0.15) is 23.1 Å². The number of piperidine rings is 3. The number of likely N-dealkylation sites (N-methyl/N-ethyl adjacent to an activating group) is 1. The maximum atomic E-state index is 14.0. The van der Waals surface area contributed by atoms with Crippen molar-refractivity contribution in [3.63, 3.8) is 0 Å². The van der Waals surface area contributed by atoms with Crippen molar-refractivity contribution in [2.75, 3.05) is 91.8 Å². The van der Waals surface area contributed by atoms with Crippen LogP contribution in [0.1, 0.15) is 122 Å². The molecule has 10 heterocycles. The number of aryl methyl sites for hydroxylation is 2. The van der Waals surface area contributed by atoms with Gasteiger partial charge in [0, 0.05) is 120 Å². The molecule has 19 nitrogen and oxygen atoms in total. The monoisotopic (exact) mass is 1080 g/mol. The Bertz CT molecular complexity index is 3110. The van der Waals surface area contributed by atoms with Crippen LogP contribution >= 0.6 is 0 Å². The van der Waals surface area contributed by atoms with Gasteiger partial charge in [0.2, 0.25) is 17.8 Å². The van der Waals surface area contributed by atoms with Gasteiger partial charge in [0.25, 0.3) is 0 Å². The quantitative estimate of drug-likeness (QED) is 0.0576. The van der Waals surface area contributed by atoms with E-state index in [0.717, 1.165) is 105 Å². The van der Waals surface area contributed by atoms with Crippen molar-refractivity contribution in [1.82, 2.24) is 60.4 Å². The standard InChI is InChI=1S/C57H70F3N17O2/c1-35-11-17-63-48(24-35)69-51-28-45(39-10-9-15-61-31-39)66-54(72-51)37(3)79-23-22-75(5)55-68-47(30-53(73-55)71-50-27-42(13-19-65-50)57(58,59)60)43-14-16-62-32-44(43)40-26-41(34-77(33-40)38(4)78)46-29-52(70-49-25-36(2)12-18-64-49)74-56(67-46)76-20-7-6-8-21-76/h11-13,17-19,24-25,27-30,32,37,39-41,43,61-62H,6-10,14-16,20-23,26,31,33-34H2,1-5H3,(H,63,66,69,72)(H,64,67,70,74)(H,65,68,71,73). The van der Waals surface area contributed by atoms with Gasteiger partial charge < -0.3 is 46.0 Å². The first-order valence-electron chi connectivity index (χ1n) is 27.5. The molecule has 0 aromatic carbocycles.